The second-order valence-corrected chi connectivity index (χ2v) is 7.38. The summed E-state index contributed by atoms with van der Waals surface area (Å²) in [5, 5.41) is 2.27. The van der Waals surface area contributed by atoms with E-state index in [-0.39, 0.29) is 5.91 Å². The first-order chi connectivity index (χ1) is 11.5. The number of hydrogen-bond acceptors (Lipinski definition) is 3. The van der Waals surface area contributed by atoms with Crippen LogP contribution in [0.2, 0.25) is 15.1 Å². The molecule has 0 unspecified atom stereocenters. The van der Waals surface area contributed by atoms with E-state index in [0.29, 0.717) is 44.6 Å². The molecule has 24 heavy (non-hydrogen) atoms. The standard InChI is InChI=1S/C17H13Cl3N2OS/c18-12-3-1-11(2-4-12)10-24-17-21-7-8-22(17)16(23)14-6-5-13(19)9-15(14)20/h1-6,9H,7-8,10H2. The Bertz CT molecular complexity index is 793. The molecule has 0 saturated heterocycles. The van der Waals surface area contributed by atoms with Crippen LogP contribution in [0, 0.1) is 0 Å². The molecule has 7 heteroatoms. The van der Waals surface area contributed by atoms with Crippen LogP contribution in [0.3, 0.4) is 0 Å². The maximum Gasteiger partial charge on any atom is 0.261 e. The smallest absolute Gasteiger partial charge is 0.261 e. The highest BCUT2D eigenvalue weighted by molar-refractivity contribution is 8.13. The number of aliphatic imine (C=N–C) groups is 1. The number of nitrogens with zero attached hydrogens (tertiary/aromatic N) is 2. The molecular formula is C17H13Cl3N2OS. The van der Waals surface area contributed by atoms with E-state index >= 15 is 0 Å². The van der Waals surface area contributed by atoms with Crippen LogP contribution in [0.5, 0.6) is 0 Å². The second-order valence-electron chi connectivity index (χ2n) is 5.16. The summed E-state index contributed by atoms with van der Waals surface area (Å²) in [6.45, 7) is 1.15. The zero-order valence-electron chi connectivity index (χ0n) is 12.5. The Kier molecular flexibility index (Phi) is 5.72. The van der Waals surface area contributed by atoms with E-state index in [9.17, 15) is 4.79 Å². The lowest BCUT2D eigenvalue weighted by atomic mass is 10.2. The van der Waals surface area contributed by atoms with Gasteiger partial charge in [-0.15, -0.1) is 0 Å². The third-order valence-corrected chi connectivity index (χ3v) is 5.37. The third-order valence-electron chi connectivity index (χ3n) is 3.49. The zero-order chi connectivity index (χ0) is 17.1. The summed E-state index contributed by atoms with van der Waals surface area (Å²) in [4.78, 5) is 18.8. The molecule has 3 nitrogen and oxygen atoms in total. The molecule has 0 radical (unpaired) electrons. The SMILES string of the molecule is O=C(c1ccc(Cl)cc1Cl)N1CCN=C1SCc1ccc(Cl)cc1. The van der Waals surface area contributed by atoms with Gasteiger partial charge in [-0.1, -0.05) is 58.7 Å². The summed E-state index contributed by atoms with van der Waals surface area (Å²) in [5.41, 5.74) is 1.55. The van der Waals surface area contributed by atoms with Crippen LogP contribution in [-0.2, 0) is 5.75 Å². The number of amides is 1. The van der Waals surface area contributed by atoms with Gasteiger partial charge in [0.05, 0.1) is 17.1 Å². The Morgan fingerprint density at radius 2 is 1.79 bits per heavy atom. The van der Waals surface area contributed by atoms with Crippen LogP contribution >= 0.6 is 46.6 Å². The minimum Gasteiger partial charge on any atom is -0.286 e. The van der Waals surface area contributed by atoms with Crippen LogP contribution in [0.25, 0.3) is 0 Å². The van der Waals surface area contributed by atoms with Crippen molar-refractivity contribution in [1.29, 1.82) is 0 Å². The van der Waals surface area contributed by atoms with Crippen molar-refractivity contribution in [2.75, 3.05) is 13.1 Å². The fourth-order valence-electron chi connectivity index (χ4n) is 2.28. The van der Waals surface area contributed by atoms with Crippen LogP contribution in [0.1, 0.15) is 15.9 Å². The molecule has 0 atom stereocenters. The van der Waals surface area contributed by atoms with Gasteiger partial charge in [-0.25, -0.2) is 0 Å². The summed E-state index contributed by atoms with van der Waals surface area (Å²) in [6, 6.07) is 12.5. The van der Waals surface area contributed by atoms with Crippen LogP contribution in [-0.4, -0.2) is 29.1 Å². The van der Waals surface area contributed by atoms with Gasteiger partial charge in [0.2, 0.25) is 0 Å². The molecule has 2 aromatic carbocycles. The number of carbonyl (C=O) groups excluding carboxylic acids is 1. The molecule has 3 rings (SSSR count). The first kappa shape index (κ1) is 17.6. The largest absolute Gasteiger partial charge is 0.286 e. The summed E-state index contributed by atoms with van der Waals surface area (Å²) in [5.74, 6) is 0.560. The van der Waals surface area contributed by atoms with Crippen LogP contribution in [0.15, 0.2) is 47.5 Å². The molecule has 0 bridgehead atoms. The van der Waals surface area contributed by atoms with Crippen molar-refractivity contribution in [2.24, 2.45) is 4.99 Å². The molecule has 0 fully saturated rings. The highest BCUT2D eigenvalue weighted by Crippen LogP contribution is 2.26. The lowest BCUT2D eigenvalue weighted by Gasteiger charge is -2.18. The van der Waals surface area contributed by atoms with E-state index in [4.69, 9.17) is 34.8 Å². The van der Waals surface area contributed by atoms with Crippen molar-refractivity contribution in [1.82, 2.24) is 4.90 Å². The lowest BCUT2D eigenvalue weighted by molar-refractivity contribution is 0.0861. The number of rotatable bonds is 3. The average molecular weight is 400 g/mol. The Hall–Kier alpha value is -1.20. The number of halogens is 3. The molecule has 0 N–H and O–H groups in total. The maximum atomic E-state index is 12.7. The fraction of sp³-hybridized carbons (Fsp3) is 0.176. The average Bonchev–Trinajstić information content (AvgIpc) is 3.02. The van der Waals surface area contributed by atoms with Crippen LogP contribution in [0.4, 0.5) is 0 Å². The Morgan fingerprint density at radius 1 is 1.08 bits per heavy atom. The number of benzene rings is 2. The van der Waals surface area contributed by atoms with E-state index in [0.717, 1.165) is 5.56 Å². The Morgan fingerprint density at radius 3 is 2.50 bits per heavy atom. The number of amidine groups is 1. The van der Waals surface area contributed by atoms with Gasteiger partial charge in [-0.05, 0) is 35.9 Å². The van der Waals surface area contributed by atoms with E-state index in [2.05, 4.69) is 4.99 Å². The van der Waals surface area contributed by atoms with Gasteiger partial charge in [0.25, 0.3) is 5.91 Å². The van der Waals surface area contributed by atoms with Gasteiger partial charge in [-0.3, -0.25) is 14.7 Å². The lowest BCUT2D eigenvalue weighted by Crippen LogP contribution is -2.33. The highest BCUT2D eigenvalue weighted by atomic mass is 35.5. The molecule has 0 saturated carbocycles. The second kappa shape index (κ2) is 7.79. The van der Waals surface area contributed by atoms with E-state index in [1.165, 1.54) is 11.8 Å². The minimum atomic E-state index is -0.156. The van der Waals surface area contributed by atoms with Crippen molar-refractivity contribution < 1.29 is 4.79 Å². The number of hydrogen-bond donors (Lipinski definition) is 0. The Labute approximate surface area is 159 Å². The molecule has 1 heterocycles. The summed E-state index contributed by atoms with van der Waals surface area (Å²) >= 11 is 19.5. The van der Waals surface area contributed by atoms with Crippen molar-refractivity contribution >= 4 is 57.6 Å². The van der Waals surface area contributed by atoms with Gasteiger partial charge >= 0.3 is 0 Å². The molecule has 1 amide bonds. The van der Waals surface area contributed by atoms with Crippen molar-refractivity contribution in [3.63, 3.8) is 0 Å². The Balaban J connectivity index is 1.70. The van der Waals surface area contributed by atoms with Gasteiger partial charge in [0, 0.05) is 22.3 Å². The third kappa shape index (κ3) is 4.06. The molecule has 0 aliphatic carbocycles. The topological polar surface area (TPSA) is 32.7 Å². The van der Waals surface area contributed by atoms with Crippen LogP contribution < -0.4 is 0 Å². The maximum absolute atomic E-state index is 12.7. The molecule has 0 spiro atoms. The zero-order valence-corrected chi connectivity index (χ0v) is 15.6. The van der Waals surface area contributed by atoms with Gasteiger partial charge in [0.15, 0.2) is 5.17 Å². The van der Waals surface area contributed by atoms with E-state index in [1.807, 2.05) is 24.3 Å². The van der Waals surface area contributed by atoms with Gasteiger partial charge < -0.3 is 0 Å². The van der Waals surface area contributed by atoms with Crippen molar-refractivity contribution in [2.45, 2.75) is 5.75 Å². The molecular weight excluding hydrogens is 387 g/mol. The normalized spacial score (nSPS) is 14.0. The van der Waals surface area contributed by atoms with Crippen molar-refractivity contribution in [3.05, 3.63) is 68.7 Å². The monoisotopic (exact) mass is 398 g/mol. The predicted octanol–water partition coefficient (Wildman–Crippen LogP) is 5.39. The van der Waals surface area contributed by atoms with E-state index in [1.54, 1.807) is 23.1 Å². The summed E-state index contributed by atoms with van der Waals surface area (Å²) in [6.07, 6.45) is 0. The molecule has 1 aliphatic rings. The summed E-state index contributed by atoms with van der Waals surface area (Å²) in [7, 11) is 0. The van der Waals surface area contributed by atoms with Gasteiger partial charge in [-0.2, -0.15) is 0 Å². The van der Waals surface area contributed by atoms with Gasteiger partial charge in [0.1, 0.15) is 0 Å². The quantitative estimate of drug-likeness (QED) is 0.693. The first-order valence-corrected chi connectivity index (χ1v) is 9.35. The molecule has 2 aromatic rings. The molecule has 1 aliphatic heterocycles. The highest BCUT2D eigenvalue weighted by Gasteiger charge is 2.26. The first-order valence-electron chi connectivity index (χ1n) is 7.23. The van der Waals surface area contributed by atoms with Crippen molar-refractivity contribution in [3.8, 4) is 0 Å². The molecule has 0 aromatic heterocycles. The minimum absolute atomic E-state index is 0.156. The number of carbonyl (C=O) groups is 1. The predicted molar refractivity (Wildman–Crippen MR) is 103 cm³/mol. The van der Waals surface area contributed by atoms with E-state index < -0.39 is 0 Å². The number of thioether (sulfide) groups is 1. The fourth-order valence-corrected chi connectivity index (χ4v) is 3.89. The summed E-state index contributed by atoms with van der Waals surface area (Å²) < 4.78 is 0. The molecule has 124 valence electrons.